The number of aryl methyl sites for hydroxylation is 1. The van der Waals surface area contributed by atoms with Gasteiger partial charge in [-0.25, -0.2) is 9.97 Å². The molecule has 5 rings (SSSR count). The number of rotatable bonds is 3. The van der Waals surface area contributed by atoms with Crippen LogP contribution in [0.4, 0.5) is 41.9 Å². The minimum absolute atomic E-state index is 0.0203. The molecule has 2 aromatic heterocycles. The quantitative estimate of drug-likeness (QED) is 0.256. The summed E-state index contributed by atoms with van der Waals surface area (Å²) in [5.41, 5.74) is -1.58. The molecule has 34 heavy (non-hydrogen) atoms. The van der Waals surface area contributed by atoms with Crippen molar-refractivity contribution in [3.63, 3.8) is 0 Å². The van der Waals surface area contributed by atoms with Crippen LogP contribution < -0.4 is 9.80 Å². The molecule has 0 spiro atoms. The van der Waals surface area contributed by atoms with Gasteiger partial charge in [0, 0.05) is 18.3 Å². The van der Waals surface area contributed by atoms with Crippen molar-refractivity contribution in [3.05, 3.63) is 74.6 Å². The molecule has 174 valence electrons. The van der Waals surface area contributed by atoms with E-state index in [1.54, 1.807) is 17.9 Å². The van der Waals surface area contributed by atoms with Crippen molar-refractivity contribution >= 4 is 46.2 Å². The van der Waals surface area contributed by atoms with Crippen molar-refractivity contribution in [3.8, 4) is 0 Å². The van der Waals surface area contributed by atoms with Crippen LogP contribution in [0.15, 0.2) is 42.6 Å². The number of aromatic nitrogens is 2. The fourth-order valence-corrected chi connectivity index (χ4v) is 4.32. The molecule has 1 fully saturated rings. The molecule has 12 heteroatoms. The Balaban J connectivity index is 1.84. The Morgan fingerprint density at radius 2 is 1.91 bits per heavy atom. The Morgan fingerprint density at radius 1 is 1.18 bits per heavy atom. The largest absolute Gasteiger partial charge is 0.416 e. The second kappa shape index (κ2) is 7.66. The lowest BCUT2D eigenvalue weighted by molar-refractivity contribution is -0.384. The van der Waals surface area contributed by atoms with Crippen molar-refractivity contribution in [2.75, 3.05) is 9.80 Å². The second-order valence-electron chi connectivity index (χ2n) is 8.01. The third-order valence-corrected chi connectivity index (χ3v) is 5.88. The zero-order chi connectivity index (χ0) is 24.4. The van der Waals surface area contributed by atoms with Crippen molar-refractivity contribution in [1.29, 1.82) is 0 Å². The first kappa shape index (κ1) is 22.1. The monoisotopic (exact) mass is 489 g/mol. The van der Waals surface area contributed by atoms with E-state index in [0.717, 1.165) is 23.8 Å². The Morgan fingerprint density at radius 3 is 2.56 bits per heavy atom. The number of amides is 1. The summed E-state index contributed by atoms with van der Waals surface area (Å²) in [6.45, 7) is 1.65. The minimum Gasteiger partial charge on any atom is -0.305 e. The Hall–Kier alpha value is -3.73. The summed E-state index contributed by atoms with van der Waals surface area (Å²) in [7, 11) is 0. The molecule has 1 saturated carbocycles. The lowest BCUT2D eigenvalue weighted by atomic mass is 10.1. The molecule has 0 N–H and O–H groups in total. The van der Waals surface area contributed by atoms with Gasteiger partial charge in [0.05, 0.1) is 21.7 Å². The fraction of sp³-hybridized carbons (Fsp3) is 0.227. The van der Waals surface area contributed by atoms with E-state index >= 15 is 0 Å². The highest BCUT2D eigenvalue weighted by molar-refractivity contribution is 6.30. The van der Waals surface area contributed by atoms with Gasteiger partial charge in [-0.1, -0.05) is 11.6 Å². The molecule has 1 aliphatic heterocycles. The molecule has 1 amide bonds. The number of hydrogen-bond acceptors (Lipinski definition) is 6. The predicted molar refractivity (Wildman–Crippen MR) is 118 cm³/mol. The summed E-state index contributed by atoms with van der Waals surface area (Å²) in [6.07, 6.45) is -1.68. The number of carbonyl (C=O) groups is 1. The summed E-state index contributed by atoms with van der Waals surface area (Å²) in [5, 5.41) is 12.0. The van der Waals surface area contributed by atoms with E-state index < -0.39 is 28.3 Å². The molecular weight excluding hydrogens is 475 g/mol. The van der Waals surface area contributed by atoms with Crippen LogP contribution in [0, 0.1) is 17.0 Å². The highest BCUT2D eigenvalue weighted by Gasteiger charge is 2.43. The zero-order valence-corrected chi connectivity index (χ0v) is 18.3. The predicted octanol–water partition coefficient (Wildman–Crippen LogP) is 5.96. The van der Waals surface area contributed by atoms with Gasteiger partial charge in [-0.15, -0.1) is 0 Å². The standard InChI is InChI=1S/C22H15ClF3N5O3/c1-11-9-17(23)28-20-18(11)30(15-7-4-12(22(24,25)26)10-16(15)31(33)34)21(32)14-3-2-8-27-19(14)29(20)13-5-6-13/h2-4,7-10,13H,5-6H2,1H3. The summed E-state index contributed by atoms with van der Waals surface area (Å²) in [6, 6.07) is 6.60. The number of alkyl halides is 3. The molecule has 0 atom stereocenters. The summed E-state index contributed by atoms with van der Waals surface area (Å²) in [4.78, 5) is 36.4. The number of nitro groups is 1. The third kappa shape index (κ3) is 3.52. The summed E-state index contributed by atoms with van der Waals surface area (Å²) < 4.78 is 39.9. The molecule has 2 aliphatic rings. The van der Waals surface area contributed by atoms with Crippen LogP contribution in [0.5, 0.6) is 0 Å². The number of nitrogens with zero attached hydrogens (tertiary/aromatic N) is 5. The first-order valence-corrected chi connectivity index (χ1v) is 10.6. The van der Waals surface area contributed by atoms with Crippen LogP contribution in [0.2, 0.25) is 5.15 Å². The van der Waals surface area contributed by atoms with Gasteiger partial charge in [0.25, 0.3) is 11.6 Å². The fourth-order valence-electron chi connectivity index (χ4n) is 4.08. The molecule has 3 aromatic rings. The Labute approximate surface area is 195 Å². The summed E-state index contributed by atoms with van der Waals surface area (Å²) >= 11 is 6.24. The van der Waals surface area contributed by atoms with Crippen LogP contribution in [0.25, 0.3) is 0 Å². The van der Waals surface area contributed by atoms with Crippen molar-refractivity contribution in [2.45, 2.75) is 32.0 Å². The number of nitro benzene ring substituents is 1. The van der Waals surface area contributed by atoms with Gasteiger partial charge in [-0.3, -0.25) is 19.8 Å². The molecule has 8 nitrogen and oxygen atoms in total. The summed E-state index contributed by atoms with van der Waals surface area (Å²) in [5.74, 6) is -0.113. The van der Waals surface area contributed by atoms with Gasteiger partial charge in [-0.2, -0.15) is 13.2 Å². The van der Waals surface area contributed by atoms with Crippen LogP contribution in [0.3, 0.4) is 0 Å². The third-order valence-electron chi connectivity index (χ3n) is 5.69. The maximum Gasteiger partial charge on any atom is 0.416 e. The number of fused-ring (bicyclic) bond motifs is 2. The van der Waals surface area contributed by atoms with E-state index in [2.05, 4.69) is 9.97 Å². The SMILES string of the molecule is Cc1cc(Cl)nc2c1N(c1ccc(C(F)(F)F)cc1[N+](=O)[O-])C(=O)c1cccnc1N2C1CC1. The van der Waals surface area contributed by atoms with Crippen molar-refractivity contribution in [1.82, 2.24) is 9.97 Å². The van der Waals surface area contributed by atoms with E-state index in [0.29, 0.717) is 23.5 Å². The number of hydrogen-bond donors (Lipinski definition) is 0. The van der Waals surface area contributed by atoms with Gasteiger partial charge >= 0.3 is 6.18 Å². The minimum atomic E-state index is -4.80. The highest BCUT2D eigenvalue weighted by Crippen LogP contribution is 2.50. The van der Waals surface area contributed by atoms with E-state index in [1.807, 2.05) is 0 Å². The van der Waals surface area contributed by atoms with Crippen LogP contribution >= 0.6 is 11.6 Å². The van der Waals surface area contributed by atoms with Gasteiger partial charge in [0.1, 0.15) is 16.7 Å². The van der Waals surface area contributed by atoms with E-state index in [9.17, 15) is 28.1 Å². The molecule has 0 unspecified atom stereocenters. The first-order valence-electron chi connectivity index (χ1n) is 10.2. The molecule has 3 heterocycles. The average Bonchev–Trinajstić information content (AvgIpc) is 3.60. The van der Waals surface area contributed by atoms with Gasteiger partial charge in [0.15, 0.2) is 5.82 Å². The molecule has 0 bridgehead atoms. The second-order valence-corrected chi connectivity index (χ2v) is 8.40. The number of benzene rings is 1. The molecule has 1 aliphatic carbocycles. The Kier molecular flexibility index (Phi) is 4.97. The number of carbonyl (C=O) groups excluding carboxylic acids is 1. The van der Waals surface area contributed by atoms with Crippen molar-refractivity contribution < 1.29 is 22.9 Å². The van der Waals surface area contributed by atoms with Crippen LogP contribution in [0.1, 0.15) is 34.3 Å². The number of pyridine rings is 2. The van der Waals surface area contributed by atoms with E-state index in [4.69, 9.17) is 11.6 Å². The maximum absolute atomic E-state index is 13.8. The maximum atomic E-state index is 13.8. The highest BCUT2D eigenvalue weighted by atomic mass is 35.5. The first-order chi connectivity index (χ1) is 16.1. The normalized spacial score (nSPS) is 15.6. The zero-order valence-electron chi connectivity index (χ0n) is 17.5. The van der Waals surface area contributed by atoms with Gasteiger partial charge in [0.2, 0.25) is 0 Å². The lowest BCUT2D eigenvalue weighted by Crippen LogP contribution is -2.27. The van der Waals surface area contributed by atoms with Gasteiger partial charge < -0.3 is 4.90 Å². The smallest absolute Gasteiger partial charge is 0.305 e. The van der Waals surface area contributed by atoms with Crippen molar-refractivity contribution in [2.24, 2.45) is 0 Å². The molecule has 0 radical (unpaired) electrons. The van der Waals surface area contributed by atoms with Gasteiger partial charge in [-0.05, 0) is 55.7 Å². The molecule has 0 saturated heterocycles. The number of anilines is 4. The average molecular weight is 490 g/mol. The Bertz CT molecular complexity index is 1360. The molecule has 1 aromatic carbocycles. The van der Waals surface area contributed by atoms with Crippen LogP contribution in [-0.4, -0.2) is 26.8 Å². The molecular formula is C22H15ClF3N5O3. The lowest BCUT2D eigenvalue weighted by Gasteiger charge is -2.27. The van der Waals surface area contributed by atoms with E-state index in [1.165, 1.54) is 18.3 Å². The number of halogens is 4. The topological polar surface area (TPSA) is 92.5 Å². The van der Waals surface area contributed by atoms with Crippen LogP contribution in [-0.2, 0) is 6.18 Å². The van der Waals surface area contributed by atoms with E-state index in [-0.39, 0.29) is 34.0 Å².